The Labute approximate surface area is 124 Å². The van der Waals surface area contributed by atoms with E-state index in [1.54, 1.807) is 24.1 Å². The lowest BCUT2D eigenvalue weighted by Crippen LogP contribution is -2.47. The molecule has 0 unspecified atom stereocenters. The van der Waals surface area contributed by atoms with Crippen LogP contribution < -0.4 is 15.4 Å². The number of nitrogens with zero attached hydrogens (tertiary/aromatic N) is 1. The van der Waals surface area contributed by atoms with Crippen LogP contribution in [0.15, 0.2) is 24.3 Å². The van der Waals surface area contributed by atoms with Crippen LogP contribution in [0.2, 0.25) is 0 Å². The van der Waals surface area contributed by atoms with Crippen LogP contribution in [-0.2, 0) is 4.79 Å². The van der Waals surface area contributed by atoms with E-state index >= 15 is 0 Å². The van der Waals surface area contributed by atoms with Crippen LogP contribution >= 0.6 is 0 Å². The van der Waals surface area contributed by atoms with Crippen LogP contribution in [0.5, 0.6) is 5.75 Å². The molecular weight excluding hydrogens is 270 g/mol. The number of urea groups is 1. The fourth-order valence-corrected chi connectivity index (χ4v) is 2.46. The van der Waals surface area contributed by atoms with Gasteiger partial charge in [0.1, 0.15) is 5.75 Å². The van der Waals surface area contributed by atoms with Gasteiger partial charge in [-0.1, -0.05) is 12.1 Å². The van der Waals surface area contributed by atoms with Crippen LogP contribution in [-0.4, -0.2) is 43.1 Å². The molecule has 0 bridgehead atoms. The van der Waals surface area contributed by atoms with Crippen molar-refractivity contribution < 1.29 is 14.3 Å². The second-order valence-corrected chi connectivity index (χ2v) is 5.09. The lowest BCUT2D eigenvalue weighted by molar-refractivity contribution is -0.119. The van der Waals surface area contributed by atoms with Gasteiger partial charge in [0.2, 0.25) is 5.91 Å². The van der Waals surface area contributed by atoms with E-state index in [9.17, 15) is 9.59 Å². The molecule has 6 nitrogen and oxygen atoms in total. The largest absolute Gasteiger partial charge is 0.495 e. The maximum Gasteiger partial charge on any atom is 0.321 e. The smallest absolute Gasteiger partial charge is 0.321 e. The van der Waals surface area contributed by atoms with E-state index in [2.05, 4.69) is 10.6 Å². The number of hydrogen-bond acceptors (Lipinski definition) is 3. The molecule has 0 aliphatic carbocycles. The number of carbonyl (C=O) groups excluding carboxylic acids is 2. The van der Waals surface area contributed by atoms with Crippen molar-refractivity contribution in [1.29, 1.82) is 0 Å². The van der Waals surface area contributed by atoms with Crippen LogP contribution in [0, 0.1) is 0 Å². The summed E-state index contributed by atoms with van der Waals surface area (Å²) in [4.78, 5) is 25.0. The van der Waals surface area contributed by atoms with Gasteiger partial charge in [-0.25, -0.2) is 4.79 Å². The summed E-state index contributed by atoms with van der Waals surface area (Å²) in [5.41, 5.74) is 0.661. The maximum absolute atomic E-state index is 12.2. The molecule has 1 heterocycles. The normalized spacial score (nSPS) is 15.4. The lowest BCUT2D eigenvalue weighted by Gasteiger charge is -2.32. The van der Waals surface area contributed by atoms with Gasteiger partial charge in [-0.15, -0.1) is 0 Å². The quantitative estimate of drug-likeness (QED) is 0.892. The van der Waals surface area contributed by atoms with E-state index in [1.165, 1.54) is 6.92 Å². The van der Waals surface area contributed by atoms with Gasteiger partial charge in [-0.2, -0.15) is 0 Å². The summed E-state index contributed by atoms with van der Waals surface area (Å²) >= 11 is 0. The average molecular weight is 291 g/mol. The Hall–Kier alpha value is -2.24. The Morgan fingerprint density at radius 3 is 2.52 bits per heavy atom. The van der Waals surface area contributed by atoms with Crippen molar-refractivity contribution in [3.63, 3.8) is 0 Å². The Kier molecular flexibility index (Phi) is 5.03. The highest BCUT2D eigenvalue weighted by atomic mass is 16.5. The predicted octanol–water partition coefficient (Wildman–Crippen LogP) is 1.83. The summed E-state index contributed by atoms with van der Waals surface area (Å²) < 4.78 is 5.21. The van der Waals surface area contributed by atoms with E-state index < -0.39 is 0 Å². The zero-order chi connectivity index (χ0) is 15.2. The minimum Gasteiger partial charge on any atom is -0.495 e. The summed E-state index contributed by atoms with van der Waals surface area (Å²) in [6, 6.07) is 7.34. The highest BCUT2D eigenvalue weighted by Crippen LogP contribution is 2.23. The van der Waals surface area contributed by atoms with Crippen LogP contribution in [0.1, 0.15) is 19.8 Å². The van der Waals surface area contributed by atoms with Gasteiger partial charge in [0.15, 0.2) is 0 Å². The van der Waals surface area contributed by atoms with Gasteiger partial charge >= 0.3 is 6.03 Å². The van der Waals surface area contributed by atoms with Gasteiger partial charge < -0.3 is 20.3 Å². The molecule has 1 fully saturated rings. The average Bonchev–Trinajstić information content (AvgIpc) is 2.48. The maximum atomic E-state index is 12.2. The minimum absolute atomic E-state index is 0.0214. The molecule has 1 saturated heterocycles. The molecule has 0 atom stereocenters. The fourth-order valence-electron chi connectivity index (χ4n) is 2.46. The molecule has 1 aromatic carbocycles. The van der Waals surface area contributed by atoms with Crippen LogP contribution in [0.25, 0.3) is 0 Å². The van der Waals surface area contributed by atoms with Crippen molar-refractivity contribution >= 4 is 17.6 Å². The third-order valence-electron chi connectivity index (χ3n) is 3.54. The van der Waals surface area contributed by atoms with Crippen LogP contribution in [0.4, 0.5) is 10.5 Å². The zero-order valence-electron chi connectivity index (χ0n) is 12.4. The first-order valence-corrected chi connectivity index (χ1v) is 7.06. The summed E-state index contributed by atoms with van der Waals surface area (Å²) in [5, 5.41) is 5.75. The number of anilines is 1. The van der Waals surface area contributed by atoms with E-state index in [0.717, 1.165) is 12.8 Å². The number of amides is 3. The highest BCUT2D eigenvalue weighted by molar-refractivity contribution is 5.91. The minimum atomic E-state index is -0.138. The van der Waals surface area contributed by atoms with Crippen molar-refractivity contribution in [3.8, 4) is 5.75 Å². The molecule has 0 spiro atoms. The number of hydrogen-bond donors (Lipinski definition) is 2. The molecule has 1 aliphatic heterocycles. The molecule has 1 aromatic rings. The van der Waals surface area contributed by atoms with Crippen molar-refractivity contribution in [2.75, 3.05) is 25.5 Å². The standard InChI is InChI=1S/C15H21N3O3/c1-11(19)16-12-7-9-18(10-8-12)15(20)17-13-5-3-4-6-14(13)21-2/h3-6,12H,7-10H2,1-2H3,(H,16,19)(H,17,20). The SMILES string of the molecule is COc1ccccc1NC(=O)N1CCC(NC(C)=O)CC1. The highest BCUT2D eigenvalue weighted by Gasteiger charge is 2.23. The molecule has 114 valence electrons. The first-order chi connectivity index (χ1) is 10.1. The topological polar surface area (TPSA) is 70.7 Å². The van der Waals surface area contributed by atoms with Gasteiger partial charge in [0.25, 0.3) is 0 Å². The van der Waals surface area contributed by atoms with E-state index in [0.29, 0.717) is 24.5 Å². The van der Waals surface area contributed by atoms with Crippen molar-refractivity contribution in [2.24, 2.45) is 0 Å². The first kappa shape index (κ1) is 15.2. The van der Waals surface area contributed by atoms with E-state index in [-0.39, 0.29) is 18.0 Å². The molecule has 2 rings (SSSR count). The van der Waals surface area contributed by atoms with E-state index in [1.807, 2.05) is 12.1 Å². The Morgan fingerprint density at radius 1 is 1.24 bits per heavy atom. The third-order valence-corrected chi connectivity index (χ3v) is 3.54. The molecule has 2 N–H and O–H groups in total. The van der Waals surface area contributed by atoms with Gasteiger partial charge in [0, 0.05) is 26.1 Å². The zero-order valence-corrected chi connectivity index (χ0v) is 12.4. The summed E-state index contributed by atoms with van der Waals surface area (Å²) in [7, 11) is 1.57. The number of nitrogens with one attached hydrogen (secondary N) is 2. The second-order valence-electron chi connectivity index (χ2n) is 5.09. The number of carbonyl (C=O) groups is 2. The summed E-state index contributed by atoms with van der Waals surface area (Å²) in [6.07, 6.45) is 1.55. The Balaban J connectivity index is 1.89. The Morgan fingerprint density at radius 2 is 1.90 bits per heavy atom. The second kappa shape index (κ2) is 6.97. The fraction of sp³-hybridized carbons (Fsp3) is 0.467. The Bertz CT molecular complexity index is 511. The first-order valence-electron chi connectivity index (χ1n) is 7.06. The molecule has 0 saturated carbocycles. The van der Waals surface area contributed by atoms with Gasteiger partial charge in [-0.05, 0) is 25.0 Å². The number of para-hydroxylation sites is 2. The van der Waals surface area contributed by atoms with Gasteiger partial charge in [0.05, 0.1) is 12.8 Å². The monoisotopic (exact) mass is 291 g/mol. The molecular formula is C15H21N3O3. The number of methoxy groups -OCH3 is 1. The lowest BCUT2D eigenvalue weighted by atomic mass is 10.1. The van der Waals surface area contributed by atoms with Crippen molar-refractivity contribution in [1.82, 2.24) is 10.2 Å². The molecule has 0 aromatic heterocycles. The molecule has 0 radical (unpaired) electrons. The molecule has 21 heavy (non-hydrogen) atoms. The number of ether oxygens (including phenoxy) is 1. The van der Waals surface area contributed by atoms with Crippen molar-refractivity contribution in [3.05, 3.63) is 24.3 Å². The predicted molar refractivity (Wildman–Crippen MR) is 80.4 cm³/mol. The van der Waals surface area contributed by atoms with Gasteiger partial charge in [-0.3, -0.25) is 4.79 Å². The third kappa shape index (κ3) is 4.11. The van der Waals surface area contributed by atoms with Crippen molar-refractivity contribution in [2.45, 2.75) is 25.8 Å². The number of likely N-dealkylation sites (tertiary alicyclic amines) is 1. The van der Waals surface area contributed by atoms with E-state index in [4.69, 9.17) is 4.74 Å². The molecule has 1 aliphatic rings. The molecule has 3 amide bonds. The van der Waals surface area contributed by atoms with Crippen LogP contribution in [0.3, 0.4) is 0 Å². The molecule has 6 heteroatoms. The number of rotatable bonds is 3. The number of benzene rings is 1. The summed E-state index contributed by atoms with van der Waals surface area (Å²) in [5.74, 6) is 0.617. The summed E-state index contributed by atoms with van der Waals surface area (Å²) in [6.45, 7) is 2.78. The number of piperidine rings is 1.